The molecule has 0 bridgehead atoms. The third-order valence-corrected chi connectivity index (χ3v) is 2.20. The van der Waals surface area contributed by atoms with Crippen LogP contribution in [-0.4, -0.2) is 38.5 Å². The summed E-state index contributed by atoms with van der Waals surface area (Å²) in [6.45, 7) is 2.18. The Hall–Kier alpha value is -1.10. The molecular formula is C10H21N3O2. The van der Waals surface area contributed by atoms with Crippen LogP contribution in [-0.2, 0) is 9.59 Å². The van der Waals surface area contributed by atoms with E-state index in [1.807, 2.05) is 0 Å². The van der Waals surface area contributed by atoms with E-state index in [-0.39, 0.29) is 17.9 Å². The van der Waals surface area contributed by atoms with E-state index in [0.717, 1.165) is 19.3 Å². The smallest absolute Gasteiger partial charge is 0.236 e. The van der Waals surface area contributed by atoms with Crippen molar-refractivity contribution < 1.29 is 9.59 Å². The summed E-state index contributed by atoms with van der Waals surface area (Å²) in [6, 6.07) is -0.132. The average molecular weight is 215 g/mol. The summed E-state index contributed by atoms with van der Waals surface area (Å²) in [5.41, 5.74) is 0. The molecular weight excluding hydrogens is 194 g/mol. The van der Waals surface area contributed by atoms with Gasteiger partial charge in [0.15, 0.2) is 0 Å². The second kappa shape index (κ2) is 8.23. The van der Waals surface area contributed by atoms with Crippen molar-refractivity contribution in [2.75, 3.05) is 20.6 Å². The number of nitrogens with one attached hydrogen (secondary N) is 3. The number of unbranched alkanes of at least 4 members (excludes halogenated alkanes) is 1. The molecule has 3 N–H and O–H groups in total. The van der Waals surface area contributed by atoms with Gasteiger partial charge in [0, 0.05) is 20.5 Å². The molecule has 0 aromatic heterocycles. The molecule has 2 amide bonds. The van der Waals surface area contributed by atoms with Gasteiger partial charge in [0.05, 0.1) is 6.04 Å². The number of hydrogen-bond acceptors (Lipinski definition) is 3. The molecule has 0 aromatic rings. The largest absolute Gasteiger partial charge is 0.358 e. The maximum absolute atomic E-state index is 11.3. The van der Waals surface area contributed by atoms with Gasteiger partial charge in [-0.3, -0.25) is 9.59 Å². The molecule has 5 nitrogen and oxygen atoms in total. The summed E-state index contributed by atoms with van der Waals surface area (Å²) in [4.78, 5) is 21.8. The van der Waals surface area contributed by atoms with Crippen LogP contribution in [0.5, 0.6) is 0 Å². The molecule has 0 unspecified atom stereocenters. The van der Waals surface area contributed by atoms with Crippen LogP contribution in [0, 0.1) is 0 Å². The van der Waals surface area contributed by atoms with Crippen molar-refractivity contribution in [3.05, 3.63) is 0 Å². The van der Waals surface area contributed by atoms with E-state index in [4.69, 9.17) is 0 Å². The number of carbonyl (C=O) groups excluding carboxylic acids is 2. The van der Waals surface area contributed by atoms with Gasteiger partial charge in [0.2, 0.25) is 11.8 Å². The molecule has 0 heterocycles. The summed E-state index contributed by atoms with van der Waals surface area (Å²) < 4.78 is 0. The second-order valence-corrected chi connectivity index (χ2v) is 3.43. The van der Waals surface area contributed by atoms with Crippen molar-refractivity contribution in [2.45, 2.75) is 32.2 Å². The molecule has 0 aliphatic carbocycles. The van der Waals surface area contributed by atoms with E-state index in [0.29, 0.717) is 6.54 Å². The highest BCUT2D eigenvalue weighted by Crippen LogP contribution is 2.00. The van der Waals surface area contributed by atoms with Crippen molar-refractivity contribution in [2.24, 2.45) is 0 Å². The molecule has 0 aliphatic heterocycles. The first kappa shape index (κ1) is 13.9. The van der Waals surface area contributed by atoms with Gasteiger partial charge in [0.25, 0.3) is 0 Å². The van der Waals surface area contributed by atoms with Crippen LogP contribution in [0.4, 0.5) is 0 Å². The minimum atomic E-state index is -0.132. The predicted octanol–water partition coefficient (Wildman–Crippen LogP) is -0.373. The van der Waals surface area contributed by atoms with Gasteiger partial charge in [-0.1, -0.05) is 0 Å². The highest BCUT2D eigenvalue weighted by Gasteiger charge is 2.13. The fourth-order valence-electron chi connectivity index (χ4n) is 1.32. The monoisotopic (exact) mass is 215 g/mol. The highest BCUT2D eigenvalue weighted by molar-refractivity contribution is 5.81. The van der Waals surface area contributed by atoms with E-state index in [9.17, 15) is 9.59 Å². The normalized spacial score (nSPS) is 11.9. The van der Waals surface area contributed by atoms with Crippen LogP contribution in [0.25, 0.3) is 0 Å². The molecule has 0 rings (SSSR count). The molecule has 0 fully saturated rings. The summed E-state index contributed by atoms with van der Waals surface area (Å²) in [5, 5.41) is 8.28. The summed E-state index contributed by atoms with van der Waals surface area (Å²) in [5.74, 6) is 0.00324. The lowest BCUT2D eigenvalue weighted by Gasteiger charge is -2.13. The fourth-order valence-corrected chi connectivity index (χ4v) is 1.32. The Morgan fingerprint density at radius 2 is 1.87 bits per heavy atom. The molecule has 0 saturated carbocycles. The van der Waals surface area contributed by atoms with Crippen LogP contribution < -0.4 is 16.0 Å². The maximum atomic E-state index is 11.3. The van der Waals surface area contributed by atoms with Crippen LogP contribution in [0.1, 0.15) is 26.2 Å². The van der Waals surface area contributed by atoms with Gasteiger partial charge in [-0.05, 0) is 26.3 Å². The van der Waals surface area contributed by atoms with Gasteiger partial charge in [-0.15, -0.1) is 0 Å². The second-order valence-electron chi connectivity index (χ2n) is 3.43. The molecule has 1 atom stereocenters. The van der Waals surface area contributed by atoms with Crippen LogP contribution in [0.3, 0.4) is 0 Å². The third-order valence-electron chi connectivity index (χ3n) is 2.20. The number of hydrogen-bond donors (Lipinski definition) is 3. The van der Waals surface area contributed by atoms with E-state index in [1.54, 1.807) is 14.1 Å². The van der Waals surface area contributed by atoms with Crippen molar-refractivity contribution >= 4 is 11.8 Å². The molecule has 0 aromatic carbocycles. The van der Waals surface area contributed by atoms with Crippen LogP contribution >= 0.6 is 0 Å². The topological polar surface area (TPSA) is 70.2 Å². The van der Waals surface area contributed by atoms with Crippen molar-refractivity contribution in [1.29, 1.82) is 0 Å². The Balaban J connectivity index is 3.55. The Kier molecular flexibility index (Phi) is 7.62. The van der Waals surface area contributed by atoms with E-state index in [1.165, 1.54) is 6.92 Å². The number of rotatable bonds is 7. The molecule has 0 spiro atoms. The zero-order valence-corrected chi connectivity index (χ0v) is 9.72. The number of likely N-dealkylation sites (N-methyl/N-ethyl adjacent to an activating group) is 2. The Labute approximate surface area is 91.0 Å². The lowest BCUT2D eigenvalue weighted by Crippen LogP contribution is -2.41. The fraction of sp³-hybridized carbons (Fsp3) is 0.800. The minimum absolute atomic E-state index is 0.00790. The summed E-state index contributed by atoms with van der Waals surface area (Å²) >= 11 is 0. The van der Waals surface area contributed by atoms with Gasteiger partial charge in [-0.2, -0.15) is 0 Å². The molecule has 0 aliphatic rings. The Morgan fingerprint density at radius 3 is 2.33 bits per heavy atom. The zero-order chi connectivity index (χ0) is 11.7. The first-order valence-corrected chi connectivity index (χ1v) is 5.25. The molecule has 0 saturated heterocycles. The first-order valence-electron chi connectivity index (χ1n) is 5.25. The maximum Gasteiger partial charge on any atom is 0.236 e. The zero-order valence-electron chi connectivity index (χ0n) is 9.72. The van der Waals surface area contributed by atoms with Crippen LogP contribution in [0.15, 0.2) is 0 Å². The lowest BCUT2D eigenvalue weighted by atomic mass is 10.1. The van der Waals surface area contributed by atoms with Gasteiger partial charge < -0.3 is 16.0 Å². The van der Waals surface area contributed by atoms with Crippen LogP contribution in [0.2, 0.25) is 0 Å². The number of carbonyl (C=O) groups is 2. The van der Waals surface area contributed by atoms with E-state index < -0.39 is 0 Å². The number of amides is 2. The Morgan fingerprint density at radius 1 is 1.20 bits per heavy atom. The minimum Gasteiger partial charge on any atom is -0.358 e. The summed E-state index contributed by atoms with van der Waals surface area (Å²) in [6.07, 6.45) is 2.60. The molecule has 5 heteroatoms. The van der Waals surface area contributed by atoms with Gasteiger partial charge >= 0.3 is 0 Å². The quantitative estimate of drug-likeness (QED) is 0.507. The highest BCUT2D eigenvalue weighted by atomic mass is 16.2. The summed E-state index contributed by atoms with van der Waals surface area (Å²) in [7, 11) is 3.40. The van der Waals surface area contributed by atoms with Crippen molar-refractivity contribution in [3.63, 3.8) is 0 Å². The van der Waals surface area contributed by atoms with E-state index in [2.05, 4.69) is 16.0 Å². The lowest BCUT2D eigenvalue weighted by molar-refractivity contribution is -0.123. The van der Waals surface area contributed by atoms with Gasteiger partial charge in [-0.25, -0.2) is 0 Å². The van der Waals surface area contributed by atoms with Crippen molar-refractivity contribution in [3.8, 4) is 0 Å². The Bertz CT molecular complexity index is 207. The van der Waals surface area contributed by atoms with E-state index >= 15 is 0 Å². The molecule has 0 radical (unpaired) electrons. The standard InChI is InChI=1S/C10H21N3O2/c1-8(14)13-7-5-4-6-9(11-2)10(15)12-3/h9,11H,4-7H2,1-3H3,(H,12,15)(H,13,14)/t9-/m0/s1. The molecule has 15 heavy (non-hydrogen) atoms. The third kappa shape index (κ3) is 6.90. The predicted molar refractivity (Wildman–Crippen MR) is 59.4 cm³/mol. The molecule has 88 valence electrons. The average Bonchev–Trinajstić information content (AvgIpc) is 2.22. The van der Waals surface area contributed by atoms with Gasteiger partial charge in [0.1, 0.15) is 0 Å². The SMILES string of the molecule is CNC(=O)[C@H](CCCCNC(C)=O)NC. The van der Waals surface area contributed by atoms with Crippen molar-refractivity contribution in [1.82, 2.24) is 16.0 Å². The first-order chi connectivity index (χ1) is 7.11.